The number of carboxylic acids is 1. The summed E-state index contributed by atoms with van der Waals surface area (Å²) in [4.78, 5) is 25.7. The molecule has 8 nitrogen and oxygen atoms in total. The molecule has 1 atom stereocenters. The largest absolute Gasteiger partial charge is 0.495 e. The molecule has 0 saturated carbocycles. The van der Waals surface area contributed by atoms with Gasteiger partial charge in [0.25, 0.3) is 5.91 Å². The van der Waals surface area contributed by atoms with Crippen molar-refractivity contribution in [2.24, 2.45) is 5.41 Å². The van der Waals surface area contributed by atoms with Crippen LogP contribution in [0.15, 0.2) is 23.1 Å². The Hall–Kier alpha value is -2.13. The van der Waals surface area contributed by atoms with Gasteiger partial charge < -0.3 is 14.7 Å². The molecule has 1 aromatic rings. The number of methoxy groups -OCH3 is 1. The van der Waals surface area contributed by atoms with Crippen LogP contribution in [-0.4, -0.2) is 67.9 Å². The fourth-order valence-electron chi connectivity index (χ4n) is 3.57. The molecule has 9 heteroatoms. The number of likely N-dealkylation sites (tertiary alicyclic amines) is 1. The predicted octanol–water partition coefficient (Wildman–Crippen LogP) is 1.42. The molecule has 1 aromatic carbocycles. The second-order valence-corrected chi connectivity index (χ2v) is 9.23. The highest BCUT2D eigenvalue weighted by Gasteiger charge is 2.42. The van der Waals surface area contributed by atoms with Crippen LogP contribution >= 0.6 is 0 Å². The standard InChI is InChI=1S/C18H24N2O6S/c1-18(17(22)23)7-10-19(12-18)16(21)13-5-6-14(26-2)15(11-13)27(24,25)20-8-3-4-9-20/h5-6,11H,3-4,7-10,12H2,1-2H3,(H,22,23). The number of hydrogen-bond acceptors (Lipinski definition) is 5. The van der Waals surface area contributed by atoms with E-state index in [1.54, 1.807) is 6.92 Å². The summed E-state index contributed by atoms with van der Waals surface area (Å²) in [5.41, 5.74) is -0.768. The Kier molecular flexibility index (Phi) is 5.18. The van der Waals surface area contributed by atoms with Gasteiger partial charge in [-0.2, -0.15) is 4.31 Å². The number of rotatable bonds is 5. The fourth-order valence-corrected chi connectivity index (χ4v) is 5.27. The molecule has 0 aliphatic carbocycles. The molecule has 3 rings (SSSR count). The summed E-state index contributed by atoms with van der Waals surface area (Å²) < 4.78 is 32.5. The number of nitrogens with zero attached hydrogens (tertiary/aromatic N) is 2. The Morgan fingerprint density at radius 2 is 1.85 bits per heavy atom. The lowest BCUT2D eigenvalue weighted by molar-refractivity contribution is -0.147. The molecule has 1 N–H and O–H groups in total. The van der Waals surface area contributed by atoms with E-state index in [1.807, 2.05) is 0 Å². The maximum Gasteiger partial charge on any atom is 0.311 e. The molecule has 2 saturated heterocycles. The maximum absolute atomic E-state index is 12.9. The average Bonchev–Trinajstić information content (AvgIpc) is 3.31. The summed E-state index contributed by atoms with van der Waals surface area (Å²) in [6.07, 6.45) is 1.98. The Balaban J connectivity index is 1.92. The van der Waals surface area contributed by atoms with Crippen LogP contribution < -0.4 is 4.74 Å². The van der Waals surface area contributed by atoms with Gasteiger partial charge in [0.15, 0.2) is 0 Å². The molecule has 148 valence electrons. The smallest absolute Gasteiger partial charge is 0.311 e. The molecular formula is C18H24N2O6S. The molecule has 1 unspecified atom stereocenters. The zero-order valence-electron chi connectivity index (χ0n) is 15.5. The van der Waals surface area contributed by atoms with E-state index in [1.165, 1.54) is 34.5 Å². The van der Waals surface area contributed by atoms with Gasteiger partial charge in [0.1, 0.15) is 10.6 Å². The van der Waals surface area contributed by atoms with Gasteiger partial charge in [-0.25, -0.2) is 8.42 Å². The highest BCUT2D eigenvalue weighted by Crippen LogP contribution is 2.33. The monoisotopic (exact) mass is 396 g/mol. The van der Waals surface area contributed by atoms with Crippen molar-refractivity contribution in [1.29, 1.82) is 0 Å². The van der Waals surface area contributed by atoms with Gasteiger partial charge in [0, 0.05) is 31.7 Å². The molecule has 0 aromatic heterocycles. The van der Waals surface area contributed by atoms with Gasteiger partial charge >= 0.3 is 5.97 Å². The quantitative estimate of drug-likeness (QED) is 0.807. The van der Waals surface area contributed by atoms with Crippen LogP contribution in [0.25, 0.3) is 0 Å². The van der Waals surface area contributed by atoms with E-state index in [2.05, 4.69) is 0 Å². The summed E-state index contributed by atoms with van der Waals surface area (Å²) >= 11 is 0. The van der Waals surface area contributed by atoms with Crippen molar-refractivity contribution in [3.05, 3.63) is 23.8 Å². The van der Waals surface area contributed by atoms with Gasteiger partial charge in [-0.05, 0) is 44.4 Å². The van der Waals surface area contributed by atoms with E-state index in [9.17, 15) is 23.1 Å². The second kappa shape index (κ2) is 7.12. The van der Waals surface area contributed by atoms with E-state index in [0.717, 1.165) is 12.8 Å². The van der Waals surface area contributed by atoms with Crippen LogP contribution in [0.2, 0.25) is 0 Å². The topological polar surface area (TPSA) is 104 Å². The average molecular weight is 396 g/mol. The number of carbonyl (C=O) groups excluding carboxylic acids is 1. The third-order valence-corrected chi connectivity index (χ3v) is 7.29. The molecule has 0 spiro atoms. The van der Waals surface area contributed by atoms with Crippen LogP contribution in [0.5, 0.6) is 5.75 Å². The van der Waals surface area contributed by atoms with Crippen molar-refractivity contribution >= 4 is 21.9 Å². The second-order valence-electron chi connectivity index (χ2n) is 7.32. The van der Waals surface area contributed by atoms with E-state index in [-0.39, 0.29) is 28.7 Å². The zero-order valence-corrected chi connectivity index (χ0v) is 16.3. The molecule has 2 heterocycles. The van der Waals surface area contributed by atoms with Crippen LogP contribution in [0.1, 0.15) is 36.5 Å². The van der Waals surface area contributed by atoms with Crippen molar-refractivity contribution in [1.82, 2.24) is 9.21 Å². The molecule has 2 fully saturated rings. The number of hydrogen-bond donors (Lipinski definition) is 1. The Labute approximate surface area is 158 Å². The minimum Gasteiger partial charge on any atom is -0.495 e. The number of carbonyl (C=O) groups is 2. The SMILES string of the molecule is COc1ccc(C(=O)N2CCC(C)(C(=O)O)C2)cc1S(=O)(=O)N1CCCC1. The van der Waals surface area contributed by atoms with E-state index >= 15 is 0 Å². The minimum atomic E-state index is -3.75. The first-order chi connectivity index (χ1) is 12.7. The number of benzene rings is 1. The van der Waals surface area contributed by atoms with E-state index in [0.29, 0.717) is 26.1 Å². The van der Waals surface area contributed by atoms with Crippen molar-refractivity contribution < 1.29 is 27.9 Å². The van der Waals surface area contributed by atoms with Gasteiger partial charge in [-0.15, -0.1) is 0 Å². The maximum atomic E-state index is 12.9. The Morgan fingerprint density at radius 3 is 2.41 bits per heavy atom. The predicted molar refractivity (Wildman–Crippen MR) is 97.3 cm³/mol. The fraction of sp³-hybridized carbons (Fsp3) is 0.556. The summed E-state index contributed by atoms with van der Waals surface area (Å²) in [6, 6.07) is 4.33. The number of carboxylic acid groups (broad SMARTS) is 1. The summed E-state index contributed by atoms with van der Waals surface area (Å²) in [7, 11) is -2.37. The van der Waals surface area contributed by atoms with Gasteiger partial charge in [0.05, 0.1) is 12.5 Å². The normalized spacial score (nSPS) is 23.6. The lowest BCUT2D eigenvalue weighted by Crippen LogP contribution is -2.35. The molecule has 0 bridgehead atoms. The summed E-state index contributed by atoms with van der Waals surface area (Å²) in [6.45, 7) is 2.93. The molecule has 27 heavy (non-hydrogen) atoms. The van der Waals surface area contributed by atoms with Gasteiger partial charge in [-0.1, -0.05) is 0 Å². The molecular weight excluding hydrogens is 372 g/mol. The van der Waals surface area contributed by atoms with Crippen molar-refractivity contribution in [2.75, 3.05) is 33.3 Å². The van der Waals surface area contributed by atoms with Gasteiger partial charge in [0.2, 0.25) is 10.0 Å². The first-order valence-corrected chi connectivity index (χ1v) is 10.3. The van der Waals surface area contributed by atoms with Crippen LogP contribution in [-0.2, 0) is 14.8 Å². The van der Waals surface area contributed by atoms with E-state index in [4.69, 9.17) is 4.74 Å². The molecule has 1 amide bonds. The van der Waals surface area contributed by atoms with Crippen LogP contribution in [0.3, 0.4) is 0 Å². The Morgan fingerprint density at radius 1 is 1.19 bits per heavy atom. The van der Waals surface area contributed by atoms with Gasteiger partial charge in [-0.3, -0.25) is 9.59 Å². The summed E-state index contributed by atoms with van der Waals surface area (Å²) in [5.74, 6) is -1.12. The van der Waals surface area contributed by atoms with E-state index < -0.39 is 21.4 Å². The number of amides is 1. The molecule has 2 aliphatic rings. The Bertz CT molecular complexity index is 863. The third-order valence-electron chi connectivity index (χ3n) is 5.37. The zero-order chi connectivity index (χ0) is 19.8. The number of sulfonamides is 1. The lowest BCUT2D eigenvalue weighted by Gasteiger charge is -2.21. The number of ether oxygens (including phenoxy) is 1. The molecule has 0 radical (unpaired) electrons. The minimum absolute atomic E-state index is 0.0297. The first kappa shape index (κ1) is 19.6. The van der Waals surface area contributed by atoms with Crippen molar-refractivity contribution in [2.45, 2.75) is 31.1 Å². The lowest BCUT2D eigenvalue weighted by atomic mass is 9.90. The third kappa shape index (κ3) is 3.53. The van der Waals surface area contributed by atoms with Crippen LogP contribution in [0.4, 0.5) is 0 Å². The highest BCUT2D eigenvalue weighted by atomic mass is 32.2. The van der Waals surface area contributed by atoms with Crippen molar-refractivity contribution in [3.8, 4) is 5.75 Å². The first-order valence-electron chi connectivity index (χ1n) is 8.90. The number of aliphatic carboxylic acids is 1. The molecule has 2 aliphatic heterocycles. The van der Waals surface area contributed by atoms with Crippen LogP contribution in [0, 0.1) is 5.41 Å². The highest BCUT2D eigenvalue weighted by molar-refractivity contribution is 7.89. The van der Waals surface area contributed by atoms with Crippen molar-refractivity contribution in [3.63, 3.8) is 0 Å². The summed E-state index contributed by atoms with van der Waals surface area (Å²) in [5, 5.41) is 9.34.